The molecule has 0 atom stereocenters. The molecule has 0 radical (unpaired) electrons. The van der Waals surface area contributed by atoms with Crippen molar-refractivity contribution in [3.63, 3.8) is 0 Å². The molecule has 0 spiro atoms. The minimum absolute atomic E-state index is 0.101. The lowest BCUT2D eigenvalue weighted by Gasteiger charge is -2.23. The first-order valence-electron chi connectivity index (χ1n) is 34.7. The normalized spacial score (nSPS) is 12.7. The van der Waals surface area contributed by atoms with Crippen molar-refractivity contribution in [3.05, 3.63) is 0 Å². The number of amides is 3. The third-order valence-electron chi connectivity index (χ3n) is 16.8. The number of nitrogens with zero attached hydrogens (tertiary/aromatic N) is 4. The molecule has 0 aromatic rings. The zero-order valence-electron chi connectivity index (χ0n) is 52.1. The molecule has 0 unspecified atom stereocenters. The summed E-state index contributed by atoms with van der Waals surface area (Å²) in [5, 5.41) is 0. The molecule has 0 aliphatic carbocycles. The maximum atomic E-state index is 13.4. The van der Waals surface area contributed by atoms with Crippen LogP contribution in [0, 0.1) is 0 Å². The van der Waals surface area contributed by atoms with Crippen molar-refractivity contribution in [2.75, 3.05) is 65.5 Å². The monoisotopic (exact) mass is 1070 g/mol. The zero-order valence-corrected chi connectivity index (χ0v) is 52.1. The summed E-state index contributed by atoms with van der Waals surface area (Å²) in [5.41, 5.74) is 0. The van der Waals surface area contributed by atoms with E-state index in [1.54, 1.807) is 0 Å². The number of ether oxygens (including phenoxy) is 1. The van der Waals surface area contributed by atoms with Crippen LogP contribution in [0.2, 0.25) is 0 Å². The zero-order chi connectivity index (χ0) is 54.9. The number of carbonyl (C=O) groups is 3. The summed E-state index contributed by atoms with van der Waals surface area (Å²) in [5.74, 6) is 0.805. The predicted octanol–water partition coefficient (Wildman–Crippen LogP) is 20.4. The predicted molar refractivity (Wildman–Crippen MR) is 331 cm³/mol. The Hall–Kier alpha value is -1.83. The molecule has 8 nitrogen and oxygen atoms in total. The van der Waals surface area contributed by atoms with Gasteiger partial charge < -0.3 is 24.3 Å². The van der Waals surface area contributed by atoms with Crippen molar-refractivity contribution in [2.45, 2.75) is 355 Å². The van der Waals surface area contributed by atoms with E-state index < -0.39 is 0 Å². The highest BCUT2D eigenvalue weighted by atomic mass is 16.6. The highest BCUT2D eigenvalue weighted by Gasteiger charge is 2.17. The molecule has 1 saturated heterocycles. The van der Waals surface area contributed by atoms with E-state index in [1.165, 1.54) is 270 Å². The average molecular weight is 1070 g/mol. The Bertz CT molecular complexity index is 1150. The van der Waals surface area contributed by atoms with Crippen molar-refractivity contribution in [1.82, 2.24) is 19.6 Å². The van der Waals surface area contributed by atoms with Gasteiger partial charge in [0.15, 0.2) is 0 Å². The van der Waals surface area contributed by atoms with Crippen LogP contribution in [0.4, 0.5) is 4.79 Å². The van der Waals surface area contributed by atoms with Gasteiger partial charge in [-0.15, -0.1) is 0 Å². The SMILES string of the molecule is CCCCCCCCCCCCN(CCCCCCCCCCN(CCCCCCCCCCN(CCCCCCCCCCCC)C(=O)CCCCCCC)C(=O)OCCCN1CCCC1)C(=O)CCCCCCC. The minimum atomic E-state index is -0.101. The summed E-state index contributed by atoms with van der Waals surface area (Å²) < 4.78 is 5.88. The van der Waals surface area contributed by atoms with Crippen molar-refractivity contribution >= 4 is 17.9 Å². The van der Waals surface area contributed by atoms with Crippen LogP contribution < -0.4 is 0 Å². The summed E-state index contributed by atoms with van der Waals surface area (Å²) >= 11 is 0. The quantitative estimate of drug-likeness (QED) is 0.0568. The molecule has 8 heteroatoms. The smallest absolute Gasteiger partial charge is 0.409 e. The lowest BCUT2D eigenvalue weighted by molar-refractivity contribution is -0.132. The molecule has 450 valence electrons. The van der Waals surface area contributed by atoms with Gasteiger partial charge in [0, 0.05) is 58.7 Å². The fourth-order valence-corrected chi connectivity index (χ4v) is 11.5. The fraction of sp³-hybridized carbons (Fsp3) is 0.956. The Morgan fingerprint density at radius 1 is 0.303 bits per heavy atom. The summed E-state index contributed by atoms with van der Waals surface area (Å²) in [4.78, 5) is 48.9. The molecule has 0 bridgehead atoms. The molecule has 0 saturated carbocycles. The number of rotatable bonds is 60. The van der Waals surface area contributed by atoms with Gasteiger partial charge in [-0.1, -0.05) is 272 Å². The second-order valence-corrected chi connectivity index (χ2v) is 24.1. The molecular weight excluding hydrogens is 937 g/mol. The van der Waals surface area contributed by atoms with E-state index in [1.807, 2.05) is 4.90 Å². The van der Waals surface area contributed by atoms with Gasteiger partial charge in [0.1, 0.15) is 0 Å². The van der Waals surface area contributed by atoms with Crippen LogP contribution in [0.15, 0.2) is 0 Å². The van der Waals surface area contributed by atoms with Crippen LogP contribution in [-0.4, -0.2) is 103 Å². The van der Waals surface area contributed by atoms with Crippen LogP contribution in [-0.2, 0) is 14.3 Å². The number of likely N-dealkylation sites (tertiary alicyclic amines) is 1. The lowest BCUT2D eigenvalue weighted by atomic mass is 10.1. The largest absolute Gasteiger partial charge is 0.449 e. The van der Waals surface area contributed by atoms with Gasteiger partial charge in [-0.2, -0.15) is 0 Å². The third kappa shape index (κ3) is 47.0. The Kier molecular flexibility index (Phi) is 54.9. The molecule has 0 N–H and O–H groups in total. The molecule has 1 aliphatic rings. The van der Waals surface area contributed by atoms with E-state index in [9.17, 15) is 14.4 Å². The van der Waals surface area contributed by atoms with E-state index in [2.05, 4.69) is 42.4 Å². The van der Waals surface area contributed by atoms with Crippen molar-refractivity contribution in [1.29, 1.82) is 0 Å². The minimum Gasteiger partial charge on any atom is -0.449 e. The van der Waals surface area contributed by atoms with Gasteiger partial charge in [-0.25, -0.2) is 4.79 Å². The second kappa shape index (κ2) is 57.8. The van der Waals surface area contributed by atoms with E-state index in [0.29, 0.717) is 18.4 Å². The first kappa shape index (κ1) is 72.2. The Morgan fingerprint density at radius 3 is 0.816 bits per heavy atom. The van der Waals surface area contributed by atoms with Gasteiger partial charge in [0.05, 0.1) is 6.61 Å². The average Bonchev–Trinajstić information content (AvgIpc) is 3.95. The number of hydrogen-bond acceptors (Lipinski definition) is 5. The molecule has 0 aromatic heterocycles. The van der Waals surface area contributed by atoms with Crippen LogP contribution >= 0.6 is 0 Å². The first-order valence-corrected chi connectivity index (χ1v) is 34.7. The van der Waals surface area contributed by atoms with Gasteiger partial charge in [-0.3, -0.25) is 9.59 Å². The van der Waals surface area contributed by atoms with Gasteiger partial charge in [-0.05, 0) is 83.7 Å². The van der Waals surface area contributed by atoms with Crippen molar-refractivity contribution < 1.29 is 19.1 Å². The highest BCUT2D eigenvalue weighted by molar-refractivity contribution is 5.76. The molecule has 1 rings (SSSR count). The Labute approximate surface area is 475 Å². The topological polar surface area (TPSA) is 73.4 Å². The summed E-state index contributed by atoms with van der Waals surface area (Å²) in [7, 11) is 0. The Balaban J connectivity index is 2.41. The molecule has 1 heterocycles. The maximum Gasteiger partial charge on any atom is 0.409 e. The van der Waals surface area contributed by atoms with E-state index in [4.69, 9.17) is 4.74 Å². The van der Waals surface area contributed by atoms with E-state index in [0.717, 1.165) is 116 Å². The molecule has 76 heavy (non-hydrogen) atoms. The maximum absolute atomic E-state index is 13.4. The van der Waals surface area contributed by atoms with E-state index in [-0.39, 0.29) is 6.09 Å². The molecule has 1 aliphatic heterocycles. The number of carbonyl (C=O) groups excluding carboxylic acids is 3. The third-order valence-corrected chi connectivity index (χ3v) is 16.8. The van der Waals surface area contributed by atoms with Gasteiger partial charge >= 0.3 is 6.09 Å². The molecule has 0 aromatic carbocycles. The summed E-state index contributed by atoms with van der Waals surface area (Å²) in [6.45, 7) is 18.5. The van der Waals surface area contributed by atoms with Gasteiger partial charge in [0.2, 0.25) is 11.8 Å². The highest BCUT2D eigenvalue weighted by Crippen LogP contribution is 2.18. The van der Waals surface area contributed by atoms with Crippen LogP contribution in [0.1, 0.15) is 355 Å². The van der Waals surface area contributed by atoms with Crippen LogP contribution in [0.3, 0.4) is 0 Å². The second-order valence-electron chi connectivity index (χ2n) is 24.1. The van der Waals surface area contributed by atoms with Crippen LogP contribution in [0.5, 0.6) is 0 Å². The van der Waals surface area contributed by atoms with Crippen molar-refractivity contribution in [3.8, 4) is 0 Å². The van der Waals surface area contributed by atoms with Crippen LogP contribution in [0.25, 0.3) is 0 Å². The van der Waals surface area contributed by atoms with E-state index >= 15 is 0 Å². The Morgan fingerprint density at radius 2 is 0.539 bits per heavy atom. The van der Waals surface area contributed by atoms with Gasteiger partial charge in [0.25, 0.3) is 0 Å². The number of unbranched alkanes of at least 4 members (excludes halogenated alkanes) is 40. The first-order chi connectivity index (χ1) is 37.5. The molecule has 3 amide bonds. The summed E-state index contributed by atoms with van der Waals surface area (Å²) in [6, 6.07) is 0. The van der Waals surface area contributed by atoms with Crippen molar-refractivity contribution in [2.24, 2.45) is 0 Å². The fourth-order valence-electron chi connectivity index (χ4n) is 11.5. The lowest BCUT2D eigenvalue weighted by Crippen LogP contribution is -2.34. The number of hydrogen-bond donors (Lipinski definition) is 0. The molecule has 1 fully saturated rings. The standard InChI is InChI=1S/C68H134N4O4/c1-5-9-13-17-19-21-23-29-37-45-59-70(66(73)54-43-35-15-11-7-3)61-47-39-31-25-27-33-41-49-63-72(68(75)76-65-53-58-69-56-51-52-57-69)64-50-42-34-28-26-32-40-48-62-71(67(74)55-44-36-16-12-8-4)60-46-38-30-24-22-20-18-14-10-6-2/h5-65H2,1-4H3. The summed E-state index contributed by atoms with van der Waals surface area (Å²) in [6.07, 6.45) is 62.9. The molecular formula is C68H134N4O4.